The zero-order valence-corrected chi connectivity index (χ0v) is 17.0. The van der Waals surface area contributed by atoms with Gasteiger partial charge < -0.3 is 10.2 Å². The fourth-order valence-corrected chi connectivity index (χ4v) is 4.61. The molecule has 4 aromatic rings. The van der Waals surface area contributed by atoms with Crippen LogP contribution in [0, 0.1) is 11.6 Å². The third-order valence-electron chi connectivity index (χ3n) is 5.09. The average molecular weight is 445 g/mol. The second-order valence-electron chi connectivity index (χ2n) is 7.25. The number of hydrogen-bond acceptors (Lipinski definition) is 7. The van der Waals surface area contributed by atoms with Gasteiger partial charge in [-0.2, -0.15) is 4.98 Å². The zero-order valence-electron chi connectivity index (χ0n) is 16.2. The van der Waals surface area contributed by atoms with E-state index in [2.05, 4.69) is 25.3 Å². The van der Waals surface area contributed by atoms with Crippen molar-refractivity contribution >= 4 is 44.1 Å². The Morgan fingerprint density at radius 1 is 1.16 bits per heavy atom. The number of piperidine rings is 1. The second-order valence-corrected chi connectivity index (χ2v) is 8.23. The van der Waals surface area contributed by atoms with Crippen LogP contribution in [0.3, 0.4) is 0 Å². The Balaban J connectivity index is 1.43. The SMILES string of the molecule is O=C(Cn1nc2c3sc(N4CCCCC4)nc3ncn2c1=O)Nc1ccc(F)c(F)c1. The number of nitrogens with zero attached hydrogens (tertiary/aromatic N) is 6. The first-order valence-electron chi connectivity index (χ1n) is 9.74. The first-order valence-corrected chi connectivity index (χ1v) is 10.6. The molecule has 1 amide bonds. The van der Waals surface area contributed by atoms with E-state index in [1.807, 2.05) is 0 Å². The van der Waals surface area contributed by atoms with Gasteiger partial charge in [0.1, 0.15) is 17.6 Å². The number of hydrogen-bond donors (Lipinski definition) is 1. The molecule has 5 rings (SSSR count). The number of thiazole rings is 1. The van der Waals surface area contributed by atoms with Crippen LogP contribution < -0.4 is 15.9 Å². The molecular weight excluding hydrogens is 428 g/mol. The van der Waals surface area contributed by atoms with Gasteiger partial charge in [-0.1, -0.05) is 11.3 Å². The third-order valence-corrected chi connectivity index (χ3v) is 6.19. The Labute approximate surface area is 177 Å². The molecule has 0 unspecified atom stereocenters. The number of amides is 1. The summed E-state index contributed by atoms with van der Waals surface area (Å²) in [4.78, 5) is 36.0. The molecular formula is C19H17F2N7O2S. The predicted molar refractivity (Wildman–Crippen MR) is 111 cm³/mol. The lowest BCUT2D eigenvalue weighted by Crippen LogP contribution is -2.29. The standard InChI is InChI=1S/C19H17F2N7O2S/c20-12-5-4-11(8-13(12)21)23-14(29)9-28-19(30)27-10-22-16-15(17(27)25-28)31-18(24-16)26-6-2-1-3-7-26/h4-5,8,10H,1-3,6-7,9H2,(H,23,29). The van der Waals surface area contributed by atoms with Crippen molar-refractivity contribution in [2.24, 2.45) is 0 Å². The summed E-state index contributed by atoms with van der Waals surface area (Å²) >= 11 is 1.42. The Hall–Kier alpha value is -3.41. The molecule has 9 nitrogen and oxygen atoms in total. The van der Waals surface area contributed by atoms with E-state index >= 15 is 0 Å². The number of rotatable bonds is 4. The van der Waals surface area contributed by atoms with E-state index in [0.717, 1.165) is 47.9 Å². The molecule has 1 aliphatic rings. The number of nitrogens with one attached hydrogen (secondary N) is 1. The van der Waals surface area contributed by atoms with Gasteiger partial charge in [-0.15, -0.1) is 5.10 Å². The van der Waals surface area contributed by atoms with E-state index < -0.39 is 29.8 Å². The summed E-state index contributed by atoms with van der Waals surface area (Å²) in [7, 11) is 0. The number of fused-ring (bicyclic) bond motifs is 3. The van der Waals surface area contributed by atoms with Crippen LogP contribution in [0.25, 0.3) is 16.0 Å². The van der Waals surface area contributed by atoms with Gasteiger partial charge in [0.05, 0.1) is 0 Å². The minimum atomic E-state index is -1.08. The van der Waals surface area contributed by atoms with Crippen LogP contribution in [0.15, 0.2) is 29.3 Å². The highest BCUT2D eigenvalue weighted by Gasteiger charge is 2.20. The number of halogens is 2. The molecule has 12 heteroatoms. The maximum absolute atomic E-state index is 13.3. The van der Waals surface area contributed by atoms with E-state index in [0.29, 0.717) is 16.0 Å². The summed E-state index contributed by atoms with van der Waals surface area (Å²) in [5.74, 6) is -2.69. The lowest BCUT2D eigenvalue weighted by Gasteiger charge is -2.25. The van der Waals surface area contributed by atoms with Gasteiger partial charge >= 0.3 is 5.69 Å². The molecule has 3 aromatic heterocycles. The van der Waals surface area contributed by atoms with Crippen molar-refractivity contribution in [3.05, 3.63) is 46.6 Å². The minimum absolute atomic E-state index is 0.0819. The maximum Gasteiger partial charge on any atom is 0.352 e. The zero-order chi connectivity index (χ0) is 21.5. The molecule has 0 aliphatic carbocycles. The van der Waals surface area contributed by atoms with Crippen LogP contribution in [0.5, 0.6) is 0 Å². The first-order chi connectivity index (χ1) is 15.0. The highest BCUT2D eigenvalue weighted by molar-refractivity contribution is 7.22. The molecule has 0 spiro atoms. The van der Waals surface area contributed by atoms with Crippen LogP contribution in [0.2, 0.25) is 0 Å². The fourth-order valence-electron chi connectivity index (χ4n) is 3.56. The van der Waals surface area contributed by atoms with Crippen molar-refractivity contribution in [2.75, 3.05) is 23.3 Å². The third kappa shape index (κ3) is 3.63. The lowest BCUT2D eigenvalue weighted by molar-refractivity contribution is -0.117. The average Bonchev–Trinajstić information content (AvgIpc) is 3.33. The van der Waals surface area contributed by atoms with E-state index in [-0.39, 0.29) is 5.69 Å². The maximum atomic E-state index is 13.3. The molecule has 0 bridgehead atoms. The summed E-state index contributed by atoms with van der Waals surface area (Å²) in [6.45, 7) is 1.47. The largest absolute Gasteiger partial charge is 0.352 e. The Bertz CT molecular complexity index is 1360. The van der Waals surface area contributed by atoms with Crippen molar-refractivity contribution in [2.45, 2.75) is 25.8 Å². The van der Waals surface area contributed by atoms with E-state index in [1.54, 1.807) is 0 Å². The highest BCUT2D eigenvalue weighted by atomic mass is 32.1. The van der Waals surface area contributed by atoms with Crippen molar-refractivity contribution < 1.29 is 13.6 Å². The van der Waals surface area contributed by atoms with Gasteiger partial charge in [0, 0.05) is 24.8 Å². The molecule has 1 saturated heterocycles. The summed E-state index contributed by atoms with van der Waals surface area (Å²) in [5, 5.41) is 7.57. The Morgan fingerprint density at radius 2 is 1.97 bits per heavy atom. The number of anilines is 2. The second kappa shape index (κ2) is 7.69. The number of carbonyl (C=O) groups is 1. The highest BCUT2D eigenvalue weighted by Crippen LogP contribution is 2.31. The van der Waals surface area contributed by atoms with Gasteiger partial charge in [-0.25, -0.2) is 27.6 Å². The fraction of sp³-hybridized carbons (Fsp3) is 0.316. The van der Waals surface area contributed by atoms with Crippen LogP contribution in [0.1, 0.15) is 19.3 Å². The lowest BCUT2D eigenvalue weighted by atomic mass is 10.1. The van der Waals surface area contributed by atoms with Crippen molar-refractivity contribution in [3.63, 3.8) is 0 Å². The van der Waals surface area contributed by atoms with Crippen molar-refractivity contribution in [1.29, 1.82) is 0 Å². The number of aromatic nitrogens is 5. The number of carbonyl (C=O) groups excluding carboxylic acids is 1. The van der Waals surface area contributed by atoms with E-state index in [4.69, 9.17) is 0 Å². The Kier molecular flexibility index (Phi) is 4.85. The summed E-state index contributed by atoms with van der Waals surface area (Å²) < 4.78 is 29.3. The van der Waals surface area contributed by atoms with Gasteiger partial charge in [0.2, 0.25) is 5.91 Å². The van der Waals surface area contributed by atoms with Crippen LogP contribution in [-0.2, 0) is 11.3 Å². The molecule has 0 radical (unpaired) electrons. The molecule has 0 atom stereocenters. The summed E-state index contributed by atoms with van der Waals surface area (Å²) in [5.41, 5.74) is 0.425. The summed E-state index contributed by atoms with van der Waals surface area (Å²) in [6, 6.07) is 3.01. The molecule has 4 heterocycles. The van der Waals surface area contributed by atoms with Gasteiger partial charge in [-0.05, 0) is 31.4 Å². The molecule has 160 valence electrons. The van der Waals surface area contributed by atoms with Crippen LogP contribution in [0.4, 0.5) is 19.6 Å². The predicted octanol–water partition coefficient (Wildman–Crippen LogP) is 2.41. The molecule has 31 heavy (non-hydrogen) atoms. The van der Waals surface area contributed by atoms with Gasteiger partial charge in [-0.3, -0.25) is 4.79 Å². The Morgan fingerprint density at radius 3 is 2.74 bits per heavy atom. The van der Waals surface area contributed by atoms with Crippen molar-refractivity contribution in [3.8, 4) is 0 Å². The minimum Gasteiger partial charge on any atom is -0.348 e. The van der Waals surface area contributed by atoms with Crippen LogP contribution in [-0.4, -0.2) is 43.1 Å². The molecule has 1 fully saturated rings. The molecule has 1 N–H and O–H groups in total. The molecule has 1 aromatic carbocycles. The van der Waals surface area contributed by atoms with Crippen molar-refractivity contribution in [1.82, 2.24) is 24.1 Å². The van der Waals surface area contributed by atoms with Crippen LogP contribution >= 0.6 is 11.3 Å². The normalized spacial score (nSPS) is 14.5. The van der Waals surface area contributed by atoms with Gasteiger partial charge in [0.15, 0.2) is 28.1 Å². The van der Waals surface area contributed by atoms with E-state index in [1.165, 1.54) is 34.6 Å². The van der Waals surface area contributed by atoms with E-state index in [9.17, 15) is 18.4 Å². The number of benzene rings is 1. The smallest absolute Gasteiger partial charge is 0.348 e. The first kappa shape index (κ1) is 19.5. The van der Waals surface area contributed by atoms with Gasteiger partial charge in [0.25, 0.3) is 0 Å². The molecule has 1 aliphatic heterocycles. The summed E-state index contributed by atoms with van der Waals surface area (Å²) in [6.07, 6.45) is 4.77. The quantitative estimate of drug-likeness (QED) is 0.518. The molecule has 0 saturated carbocycles. The monoisotopic (exact) mass is 445 g/mol. The topological polar surface area (TPSA) is 97.4 Å².